The number of rotatable bonds is 8. The van der Waals surface area contributed by atoms with Crippen LogP contribution in [0.5, 0.6) is 11.5 Å². The van der Waals surface area contributed by atoms with Crippen molar-refractivity contribution in [1.82, 2.24) is 9.80 Å². The lowest BCUT2D eigenvalue weighted by Crippen LogP contribution is -2.40. The van der Waals surface area contributed by atoms with E-state index in [-0.39, 0.29) is 0 Å². The Labute approximate surface area is 161 Å². The van der Waals surface area contributed by atoms with Crippen LogP contribution in [0.15, 0.2) is 18.2 Å². The van der Waals surface area contributed by atoms with E-state index in [2.05, 4.69) is 21.9 Å². The molecule has 0 aromatic heterocycles. The fourth-order valence-electron chi connectivity index (χ4n) is 3.63. The Kier molecular flexibility index (Phi) is 7.92. The number of hydrogen-bond acceptors (Lipinski definition) is 6. The van der Waals surface area contributed by atoms with E-state index in [1.165, 1.54) is 37.9 Å². The molecule has 0 spiro atoms. The predicted molar refractivity (Wildman–Crippen MR) is 107 cm³/mol. The maximum atomic E-state index is 10.3. The van der Waals surface area contributed by atoms with Crippen LogP contribution in [0, 0.1) is 0 Å². The molecule has 2 fully saturated rings. The SMILES string of the molecule is COc1cc(CN2CCCCC2)ccc1OC[C@H](O)CN1CCSCC1. The molecule has 2 aliphatic heterocycles. The Hall–Kier alpha value is -0.950. The highest BCUT2D eigenvalue weighted by Crippen LogP contribution is 2.29. The van der Waals surface area contributed by atoms with Crippen LogP contribution in [0.2, 0.25) is 0 Å². The normalized spacial score (nSPS) is 20.7. The number of aliphatic hydroxyl groups excluding tert-OH is 1. The lowest BCUT2D eigenvalue weighted by Gasteiger charge is -2.28. The maximum absolute atomic E-state index is 10.3. The summed E-state index contributed by atoms with van der Waals surface area (Å²) in [7, 11) is 1.68. The number of ether oxygens (including phenoxy) is 2. The molecule has 0 radical (unpaired) electrons. The third-order valence-electron chi connectivity index (χ3n) is 5.09. The van der Waals surface area contributed by atoms with Crippen LogP contribution in [0.4, 0.5) is 0 Å². The van der Waals surface area contributed by atoms with Gasteiger partial charge in [0.25, 0.3) is 0 Å². The highest BCUT2D eigenvalue weighted by molar-refractivity contribution is 7.99. The van der Waals surface area contributed by atoms with Crippen LogP contribution < -0.4 is 9.47 Å². The largest absolute Gasteiger partial charge is 0.493 e. The van der Waals surface area contributed by atoms with Crippen molar-refractivity contribution in [2.24, 2.45) is 0 Å². The number of likely N-dealkylation sites (tertiary alicyclic amines) is 1. The van der Waals surface area contributed by atoms with Crippen molar-refractivity contribution in [1.29, 1.82) is 0 Å². The van der Waals surface area contributed by atoms with Crippen LogP contribution in [0.1, 0.15) is 24.8 Å². The maximum Gasteiger partial charge on any atom is 0.161 e. The van der Waals surface area contributed by atoms with E-state index in [0.717, 1.165) is 36.9 Å². The van der Waals surface area contributed by atoms with Crippen LogP contribution in [-0.2, 0) is 6.54 Å². The Bertz CT molecular complexity index is 546. The van der Waals surface area contributed by atoms with Crippen LogP contribution in [-0.4, -0.2) is 79.0 Å². The molecule has 2 heterocycles. The summed E-state index contributed by atoms with van der Waals surface area (Å²) in [5.41, 5.74) is 1.25. The smallest absolute Gasteiger partial charge is 0.161 e. The zero-order valence-corrected chi connectivity index (χ0v) is 16.7. The average Bonchev–Trinajstić information content (AvgIpc) is 2.68. The molecule has 3 rings (SSSR count). The molecule has 6 heteroatoms. The Morgan fingerprint density at radius 1 is 1.04 bits per heavy atom. The molecule has 0 saturated carbocycles. The van der Waals surface area contributed by atoms with E-state index in [1.54, 1.807) is 7.11 Å². The highest BCUT2D eigenvalue weighted by atomic mass is 32.2. The summed E-state index contributed by atoms with van der Waals surface area (Å²) < 4.78 is 11.4. The molecule has 2 saturated heterocycles. The molecule has 146 valence electrons. The Morgan fingerprint density at radius 3 is 2.54 bits per heavy atom. The molecule has 26 heavy (non-hydrogen) atoms. The summed E-state index contributed by atoms with van der Waals surface area (Å²) in [5.74, 6) is 3.77. The van der Waals surface area contributed by atoms with E-state index in [0.29, 0.717) is 18.9 Å². The Morgan fingerprint density at radius 2 is 1.81 bits per heavy atom. The first kappa shape index (κ1) is 19.8. The molecular formula is C20H32N2O3S. The van der Waals surface area contributed by atoms with Gasteiger partial charge in [-0.05, 0) is 43.6 Å². The van der Waals surface area contributed by atoms with Gasteiger partial charge in [0, 0.05) is 37.7 Å². The van der Waals surface area contributed by atoms with Gasteiger partial charge in [0.1, 0.15) is 12.7 Å². The van der Waals surface area contributed by atoms with Gasteiger partial charge < -0.3 is 14.6 Å². The van der Waals surface area contributed by atoms with E-state index in [9.17, 15) is 5.11 Å². The second-order valence-electron chi connectivity index (χ2n) is 7.20. The molecule has 1 N–H and O–H groups in total. The van der Waals surface area contributed by atoms with Crippen molar-refractivity contribution in [3.63, 3.8) is 0 Å². The number of aliphatic hydroxyl groups is 1. The third kappa shape index (κ3) is 6.05. The highest BCUT2D eigenvalue weighted by Gasteiger charge is 2.17. The number of benzene rings is 1. The molecule has 5 nitrogen and oxygen atoms in total. The van der Waals surface area contributed by atoms with Crippen molar-refractivity contribution < 1.29 is 14.6 Å². The van der Waals surface area contributed by atoms with Crippen LogP contribution >= 0.6 is 11.8 Å². The van der Waals surface area contributed by atoms with Gasteiger partial charge in [-0.15, -0.1) is 0 Å². The number of methoxy groups -OCH3 is 1. The third-order valence-corrected chi connectivity index (χ3v) is 6.03. The number of nitrogens with zero attached hydrogens (tertiary/aromatic N) is 2. The minimum atomic E-state index is -0.476. The zero-order chi connectivity index (χ0) is 18.2. The zero-order valence-electron chi connectivity index (χ0n) is 15.9. The van der Waals surface area contributed by atoms with Crippen LogP contribution in [0.25, 0.3) is 0 Å². The van der Waals surface area contributed by atoms with E-state index >= 15 is 0 Å². The first-order chi connectivity index (χ1) is 12.7. The standard InChI is InChI=1S/C20H32N2O3S/c1-24-20-13-17(14-21-7-3-2-4-8-21)5-6-19(20)25-16-18(23)15-22-9-11-26-12-10-22/h5-6,13,18,23H,2-4,7-12,14-16H2,1H3/t18-/m1/s1. The second kappa shape index (κ2) is 10.4. The molecule has 2 aliphatic rings. The predicted octanol–water partition coefficient (Wildman–Crippen LogP) is 2.47. The van der Waals surface area contributed by atoms with Crippen molar-refractivity contribution in [2.45, 2.75) is 31.9 Å². The molecular weight excluding hydrogens is 348 g/mol. The first-order valence-corrected chi connectivity index (χ1v) is 10.9. The topological polar surface area (TPSA) is 45.2 Å². The van der Waals surface area contributed by atoms with Gasteiger partial charge in [0.15, 0.2) is 11.5 Å². The monoisotopic (exact) mass is 380 g/mol. The van der Waals surface area contributed by atoms with Crippen molar-refractivity contribution in [3.05, 3.63) is 23.8 Å². The molecule has 0 aliphatic carbocycles. The average molecular weight is 381 g/mol. The second-order valence-corrected chi connectivity index (χ2v) is 8.42. The Balaban J connectivity index is 1.50. The molecule has 1 atom stereocenters. The summed E-state index contributed by atoms with van der Waals surface area (Å²) in [5, 5.41) is 10.3. The van der Waals surface area contributed by atoms with Gasteiger partial charge in [0.2, 0.25) is 0 Å². The van der Waals surface area contributed by atoms with Gasteiger partial charge in [-0.2, -0.15) is 11.8 Å². The summed E-state index contributed by atoms with van der Waals surface area (Å²) in [6.45, 7) is 6.41. The number of hydrogen-bond donors (Lipinski definition) is 1. The summed E-state index contributed by atoms with van der Waals surface area (Å²) >= 11 is 1.98. The fourth-order valence-corrected chi connectivity index (χ4v) is 4.60. The summed E-state index contributed by atoms with van der Waals surface area (Å²) in [4.78, 5) is 4.81. The van der Waals surface area contributed by atoms with Gasteiger partial charge in [-0.25, -0.2) is 0 Å². The minimum absolute atomic E-state index is 0.297. The summed E-state index contributed by atoms with van der Waals surface area (Å²) in [6.07, 6.45) is 3.47. The molecule has 1 aromatic rings. The quantitative estimate of drug-likeness (QED) is 0.748. The number of β-amino-alcohol motifs (C(OH)–C–C–N with tert-alkyl or cyclic N) is 1. The lowest BCUT2D eigenvalue weighted by atomic mass is 10.1. The van der Waals surface area contributed by atoms with E-state index in [4.69, 9.17) is 9.47 Å². The minimum Gasteiger partial charge on any atom is -0.493 e. The lowest BCUT2D eigenvalue weighted by molar-refractivity contribution is 0.0704. The van der Waals surface area contributed by atoms with Gasteiger partial charge in [-0.1, -0.05) is 12.5 Å². The number of piperidine rings is 1. The molecule has 0 bridgehead atoms. The van der Waals surface area contributed by atoms with E-state index < -0.39 is 6.10 Å². The number of thioether (sulfide) groups is 1. The van der Waals surface area contributed by atoms with Gasteiger partial charge >= 0.3 is 0 Å². The van der Waals surface area contributed by atoms with E-state index in [1.807, 2.05) is 17.8 Å². The van der Waals surface area contributed by atoms with Crippen molar-refractivity contribution in [3.8, 4) is 11.5 Å². The summed E-state index contributed by atoms with van der Waals surface area (Å²) in [6, 6.07) is 6.15. The molecule has 0 amide bonds. The van der Waals surface area contributed by atoms with Crippen LogP contribution in [0.3, 0.4) is 0 Å². The van der Waals surface area contributed by atoms with Crippen molar-refractivity contribution in [2.75, 3.05) is 57.9 Å². The van der Waals surface area contributed by atoms with Gasteiger partial charge in [0.05, 0.1) is 7.11 Å². The molecule has 1 aromatic carbocycles. The van der Waals surface area contributed by atoms with Gasteiger partial charge in [-0.3, -0.25) is 9.80 Å². The van der Waals surface area contributed by atoms with Crippen molar-refractivity contribution >= 4 is 11.8 Å². The molecule has 0 unspecified atom stereocenters. The first-order valence-electron chi connectivity index (χ1n) is 9.75. The fraction of sp³-hybridized carbons (Fsp3) is 0.700.